The summed E-state index contributed by atoms with van der Waals surface area (Å²) < 4.78 is 4.08. The van der Waals surface area contributed by atoms with Crippen molar-refractivity contribution in [3.63, 3.8) is 0 Å². The number of carbonyl (C=O) groups excluding carboxylic acids is 1. The third-order valence-electron chi connectivity index (χ3n) is 6.10. The monoisotopic (exact) mass is 390 g/mol. The summed E-state index contributed by atoms with van der Waals surface area (Å²) in [6.45, 7) is 2.48. The normalized spacial score (nSPS) is 19.6. The number of amides is 1. The van der Waals surface area contributed by atoms with Crippen LogP contribution in [-0.2, 0) is 13.0 Å². The molecule has 1 unspecified atom stereocenters. The maximum Gasteiger partial charge on any atom is 0.256 e. The first-order chi connectivity index (χ1) is 14.3. The van der Waals surface area contributed by atoms with Crippen LogP contribution >= 0.6 is 0 Å². The highest BCUT2D eigenvalue weighted by atomic mass is 16.2. The van der Waals surface area contributed by atoms with Gasteiger partial charge >= 0.3 is 0 Å². The van der Waals surface area contributed by atoms with Crippen LogP contribution in [0.5, 0.6) is 0 Å². The van der Waals surface area contributed by atoms with Crippen molar-refractivity contribution in [2.24, 2.45) is 0 Å². The van der Waals surface area contributed by atoms with Gasteiger partial charge in [0.1, 0.15) is 11.6 Å². The van der Waals surface area contributed by atoms with Gasteiger partial charge in [-0.3, -0.25) is 4.79 Å². The van der Waals surface area contributed by atoms with E-state index < -0.39 is 0 Å². The van der Waals surface area contributed by atoms with Gasteiger partial charge in [0.15, 0.2) is 0 Å². The Morgan fingerprint density at radius 2 is 1.93 bits per heavy atom. The second-order valence-electron chi connectivity index (χ2n) is 7.99. The first-order valence-electron chi connectivity index (χ1n) is 10.6. The van der Waals surface area contributed by atoms with Crippen LogP contribution in [0.4, 0.5) is 0 Å². The van der Waals surface area contributed by atoms with Gasteiger partial charge in [-0.05, 0) is 43.9 Å². The van der Waals surface area contributed by atoms with Gasteiger partial charge in [-0.15, -0.1) is 10.2 Å². The standard InChI is InChI=1S/C22H26N6O/c29-22(18-9-3-4-10-19(18)28-15-7-12-23-28)26-13-6-8-17(16-26)21-25-24-20-11-2-1-5-14-27(20)21/h3-4,7,9-10,12,15,17H,1-2,5-6,8,11,13-14,16H2. The number of fused-ring (bicyclic) bond motifs is 1. The number of likely N-dealkylation sites (tertiary alicyclic amines) is 1. The van der Waals surface area contributed by atoms with Crippen LogP contribution in [0.3, 0.4) is 0 Å². The summed E-state index contributed by atoms with van der Waals surface area (Å²) in [6.07, 6.45) is 10.3. The number of aryl methyl sites for hydroxylation is 1. The molecule has 0 radical (unpaired) electrons. The van der Waals surface area contributed by atoms with Crippen molar-refractivity contribution >= 4 is 5.91 Å². The molecule has 1 saturated heterocycles. The molecule has 1 atom stereocenters. The van der Waals surface area contributed by atoms with Crippen molar-refractivity contribution in [3.05, 3.63) is 59.9 Å². The summed E-state index contributed by atoms with van der Waals surface area (Å²) in [6, 6.07) is 9.57. The van der Waals surface area contributed by atoms with Crippen molar-refractivity contribution in [1.82, 2.24) is 29.4 Å². The smallest absolute Gasteiger partial charge is 0.256 e. The van der Waals surface area contributed by atoms with Crippen molar-refractivity contribution in [3.8, 4) is 5.69 Å². The van der Waals surface area contributed by atoms with E-state index in [2.05, 4.69) is 19.9 Å². The minimum absolute atomic E-state index is 0.0661. The molecule has 2 aromatic heterocycles. The lowest BCUT2D eigenvalue weighted by Gasteiger charge is -2.33. The molecular weight excluding hydrogens is 364 g/mol. The Hall–Kier alpha value is -2.96. The predicted molar refractivity (Wildman–Crippen MR) is 109 cm³/mol. The average molecular weight is 390 g/mol. The molecule has 4 heterocycles. The number of aromatic nitrogens is 5. The minimum Gasteiger partial charge on any atom is -0.338 e. The number of piperidine rings is 1. The van der Waals surface area contributed by atoms with Gasteiger partial charge in [0.05, 0.1) is 11.3 Å². The maximum atomic E-state index is 13.4. The van der Waals surface area contributed by atoms with E-state index in [9.17, 15) is 4.79 Å². The summed E-state index contributed by atoms with van der Waals surface area (Å²) in [7, 11) is 0. The Morgan fingerprint density at radius 1 is 1.00 bits per heavy atom. The molecule has 2 aliphatic rings. The molecule has 7 heteroatoms. The molecule has 1 fully saturated rings. The molecule has 1 amide bonds. The zero-order valence-electron chi connectivity index (χ0n) is 16.6. The minimum atomic E-state index is 0.0661. The highest BCUT2D eigenvalue weighted by molar-refractivity contribution is 5.97. The third-order valence-corrected chi connectivity index (χ3v) is 6.10. The molecule has 1 aromatic carbocycles. The molecule has 0 saturated carbocycles. The third kappa shape index (κ3) is 3.45. The number of para-hydroxylation sites is 1. The maximum absolute atomic E-state index is 13.4. The molecular formula is C22H26N6O. The Balaban J connectivity index is 1.40. The summed E-state index contributed by atoms with van der Waals surface area (Å²) in [5.74, 6) is 2.50. The van der Waals surface area contributed by atoms with Crippen molar-refractivity contribution in [1.29, 1.82) is 0 Å². The van der Waals surface area contributed by atoms with Crippen LogP contribution in [0.1, 0.15) is 60.0 Å². The first kappa shape index (κ1) is 18.1. The quantitative estimate of drug-likeness (QED) is 0.689. The number of carbonyl (C=O) groups is 1. The number of hydrogen-bond acceptors (Lipinski definition) is 4. The first-order valence-corrected chi connectivity index (χ1v) is 10.6. The van der Waals surface area contributed by atoms with Crippen LogP contribution in [0.2, 0.25) is 0 Å². The Kier molecular flexibility index (Phi) is 4.87. The van der Waals surface area contributed by atoms with E-state index in [0.29, 0.717) is 12.1 Å². The van der Waals surface area contributed by atoms with Crippen molar-refractivity contribution < 1.29 is 4.79 Å². The summed E-state index contributed by atoms with van der Waals surface area (Å²) >= 11 is 0. The number of benzene rings is 1. The lowest BCUT2D eigenvalue weighted by Crippen LogP contribution is -2.40. The van der Waals surface area contributed by atoms with Gasteiger partial charge in [0, 0.05) is 44.4 Å². The van der Waals surface area contributed by atoms with Crippen LogP contribution < -0.4 is 0 Å². The van der Waals surface area contributed by atoms with Crippen LogP contribution in [0, 0.1) is 0 Å². The number of nitrogens with zero attached hydrogens (tertiary/aromatic N) is 6. The van der Waals surface area contributed by atoms with Gasteiger partial charge in [-0.1, -0.05) is 18.6 Å². The molecule has 0 spiro atoms. The Morgan fingerprint density at radius 3 is 2.83 bits per heavy atom. The van der Waals surface area contributed by atoms with Gasteiger partial charge in [-0.25, -0.2) is 4.68 Å². The van der Waals surface area contributed by atoms with E-state index in [4.69, 9.17) is 0 Å². The highest BCUT2D eigenvalue weighted by Crippen LogP contribution is 2.29. The number of hydrogen-bond donors (Lipinski definition) is 0. The lowest BCUT2D eigenvalue weighted by atomic mass is 9.96. The van der Waals surface area contributed by atoms with E-state index in [0.717, 1.165) is 49.7 Å². The summed E-state index contributed by atoms with van der Waals surface area (Å²) in [4.78, 5) is 15.4. The average Bonchev–Trinajstić information content (AvgIpc) is 3.39. The Labute approximate surface area is 170 Å². The zero-order chi connectivity index (χ0) is 19.6. The zero-order valence-corrected chi connectivity index (χ0v) is 16.6. The molecule has 0 aliphatic carbocycles. The van der Waals surface area contributed by atoms with Crippen molar-refractivity contribution in [2.45, 2.75) is 51.0 Å². The van der Waals surface area contributed by atoms with Gasteiger partial charge < -0.3 is 9.47 Å². The second kappa shape index (κ2) is 7.81. The molecule has 0 bridgehead atoms. The molecule has 3 aromatic rings. The fourth-order valence-electron chi connectivity index (χ4n) is 4.62. The van der Waals surface area contributed by atoms with Gasteiger partial charge in [0.25, 0.3) is 5.91 Å². The van der Waals surface area contributed by atoms with Crippen LogP contribution in [0.25, 0.3) is 5.69 Å². The van der Waals surface area contributed by atoms with E-state index in [1.807, 2.05) is 41.4 Å². The summed E-state index contributed by atoms with van der Waals surface area (Å²) in [5.41, 5.74) is 1.51. The van der Waals surface area contributed by atoms with Gasteiger partial charge in [-0.2, -0.15) is 5.10 Å². The Bertz CT molecular complexity index is 993. The van der Waals surface area contributed by atoms with E-state index in [1.165, 1.54) is 19.3 Å². The molecule has 5 rings (SSSR count). The van der Waals surface area contributed by atoms with E-state index in [-0.39, 0.29) is 11.8 Å². The van der Waals surface area contributed by atoms with E-state index in [1.54, 1.807) is 10.9 Å². The predicted octanol–water partition coefficient (Wildman–Crippen LogP) is 3.21. The summed E-state index contributed by atoms with van der Waals surface area (Å²) in [5, 5.41) is 13.3. The SMILES string of the molecule is O=C(c1ccccc1-n1cccn1)N1CCCC(c2nnc3n2CCCCC3)C1. The van der Waals surface area contributed by atoms with E-state index >= 15 is 0 Å². The second-order valence-corrected chi connectivity index (χ2v) is 7.99. The molecule has 7 nitrogen and oxygen atoms in total. The fraction of sp³-hybridized carbons (Fsp3) is 0.455. The largest absolute Gasteiger partial charge is 0.338 e. The van der Waals surface area contributed by atoms with Crippen molar-refractivity contribution in [2.75, 3.05) is 13.1 Å². The topological polar surface area (TPSA) is 68.8 Å². The van der Waals surface area contributed by atoms with Gasteiger partial charge in [0.2, 0.25) is 0 Å². The molecule has 2 aliphatic heterocycles. The van der Waals surface area contributed by atoms with Crippen LogP contribution in [0.15, 0.2) is 42.7 Å². The molecule has 29 heavy (non-hydrogen) atoms. The fourth-order valence-corrected chi connectivity index (χ4v) is 4.62. The molecule has 150 valence electrons. The van der Waals surface area contributed by atoms with Crippen LogP contribution in [-0.4, -0.2) is 48.4 Å². The lowest BCUT2D eigenvalue weighted by molar-refractivity contribution is 0.0703. The molecule has 0 N–H and O–H groups in total. The number of rotatable bonds is 3. The highest BCUT2D eigenvalue weighted by Gasteiger charge is 2.30.